The number of anilines is 1. The third-order valence-corrected chi connectivity index (χ3v) is 5.34. The van der Waals surface area contributed by atoms with Crippen LogP contribution in [0.1, 0.15) is 19.8 Å². The van der Waals surface area contributed by atoms with Crippen molar-refractivity contribution in [2.75, 3.05) is 18.1 Å². The molecule has 0 saturated carbocycles. The molecule has 0 spiro atoms. The molecule has 1 unspecified atom stereocenters. The molecular weight excluding hydrogens is 292 g/mol. The Morgan fingerprint density at radius 2 is 1.86 bits per heavy atom. The Morgan fingerprint density at radius 3 is 2.33 bits per heavy atom. The Kier molecular flexibility index (Phi) is 4.32. The molecule has 1 aliphatic rings. The van der Waals surface area contributed by atoms with E-state index in [0.717, 1.165) is 4.90 Å². The van der Waals surface area contributed by atoms with Gasteiger partial charge in [-0.2, -0.15) is 0 Å². The summed E-state index contributed by atoms with van der Waals surface area (Å²) in [6, 6.07) is 5.66. The van der Waals surface area contributed by atoms with Crippen LogP contribution < -0.4 is 5.32 Å². The Morgan fingerprint density at radius 1 is 1.24 bits per heavy atom. The molecule has 1 heterocycles. The van der Waals surface area contributed by atoms with E-state index in [2.05, 4.69) is 5.32 Å². The number of rotatable bonds is 5. The van der Waals surface area contributed by atoms with Crippen LogP contribution in [0, 0.1) is 0 Å². The van der Waals surface area contributed by atoms with Crippen molar-refractivity contribution in [1.29, 1.82) is 0 Å². The number of nitrogens with zero attached hydrogens (tertiary/aromatic N) is 1. The summed E-state index contributed by atoms with van der Waals surface area (Å²) in [5.74, 6) is -0.387. The number of hydrogen-bond acceptors (Lipinski definition) is 5. The first-order valence-corrected chi connectivity index (χ1v) is 8.40. The lowest BCUT2D eigenvalue weighted by atomic mass is 10.2. The van der Waals surface area contributed by atoms with Crippen molar-refractivity contribution >= 4 is 27.3 Å². The number of hydrogen-bond donors (Lipinski definition) is 1. The number of sulfone groups is 1. The van der Waals surface area contributed by atoms with Gasteiger partial charge in [0.05, 0.1) is 17.1 Å². The maximum Gasteiger partial charge on any atom is 0.251 e. The van der Waals surface area contributed by atoms with Crippen LogP contribution >= 0.6 is 0 Å². The molecule has 0 aromatic heterocycles. The van der Waals surface area contributed by atoms with Gasteiger partial charge in [0.25, 0.3) is 5.91 Å². The number of imide groups is 1. The fraction of sp³-hybridized carbons (Fsp3) is 0.429. The van der Waals surface area contributed by atoms with Crippen LogP contribution in [0.5, 0.6) is 0 Å². The molecule has 7 heteroatoms. The van der Waals surface area contributed by atoms with Crippen molar-refractivity contribution in [1.82, 2.24) is 4.90 Å². The van der Waals surface area contributed by atoms with E-state index >= 15 is 0 Å². The van der Waals surface area contributed by atoms with E-state index in [4.69, 9.17) is 0 Å². The minimum Gasteiger partial charge on any atom is -0.373 e. The molecule has 2 amide bonds. The first-order chi connectivity index (χ1) is 9.85. The molecular formula is C14H18N2O4S. The molecule has 0 bridgehead atoms. The van der Waals surface area contributed by atoms with Gasteiger partial charge >= 0.3 is 0 Å². The standard InChI is InChI=1S/C14H18N2O4S/c1-3-8-21(19,20)11-6-4-10(5-7-11)15-12-9-13(17)16(2)14(12)18/h4-7,12,15H,3,8-9H2,1-2H3. The molecule has 0 aliphatic carbocycles. The lowest BCUT2D eigenvalue weighted by molar-refractivity contribution is -0.136. The van der Waals surface area contributed by atoms with Gasteiger partial charge in [0.15, 0.2) is 9.84 Å². The van der Waals surface area contributed by atoms with Crippen LogP contribution in [-0.4, -0.2) is 44.0 Å². The quantitative estimate of drug-likeness (QED) is 0.822. The molecule has 1 aliphatic heterocycles. The lowest BCUT2D eigenvalue weighted by Crippen LogP contribution is -2.31. The molecule has 2 rings (SSSR count). The van der Waals surface area contributed by atoms with E-state index in [1.165, 1.54) is 19.2 Å². The molecule has 6 nitrogen and oxygen atoms in total. The molecule has 1 saturated heterocycles. The van der Waals surface area contributed by atoms with Crippen molar-refractivity contribution in [3.05, 3.63) is 24.3 Å². The topological polar surface area (TPSA) is 83.6 Å². The van der Waals surface area contributed by atoms with E-state index in [9.17, 15) is 18.0 Å². The first kappa shape index (κ1) is 15.5. The Hall–Kier alpha value is -1.89. The van der Waals surface area contributed by atoms with E-state index in [-0.39, 0.29) is 28.9 Å². The number of benzene rings is 1. The largest absolute Gasteiger partial charge is 0.373 e. The van der Waals surface area contributed by atoms with Gasteiger partial charge in [-0.05, 0) is 30.7 Å². The fourth-order valence-electron chi connectivity index (χ4n) is 2.21. The van der Waals surface area contributed by atoms with Gasteiger partial charge in [-0.15, -0.1) is 0 Å². The van der Waals surface area contributed by atoms with Crippen LogP contribution in [0.25, 0.3) is 0 Å². The molecule has 1 atom stereocenters. The molecule has 0 radical (unpaired) electrons. The van der Waals surface area contributed by atoms with Crippen LogP contribution in [0.2, 0.25) is 0 Å². The first-order valence-electron chi connectivity index (χ1n) is 6.75. The smallest absolute Gasteiger partial charge is 0.251 e. The van der Waals surface area contributed by atoms with Crippen molar-refractivity contribution in [3.8, 4) is 0 Å². The minimum atomic E-state index is -3.24. The lowest BCUT2D eigenvalue weighted by Gasteiger charge is -2.12. The van der Waals surface area contributed by atoms with Crippen molar-refractivity contribution < 1.29 is 18.0 Å². The van der Waals surface area contributed by atoms with Gasteiger partial charge in [0.2, 0.25) is 5.91 Å². The number of likely N-dealkylation sites (tertiary alicyclic amines) is 1. The molecule has 1 fully saturated rings. The zero-order valence-electron chi connectivity index (χ0n) is 12.0. The van der Waals surface area contributed by atoms with Crippen molar-refractivity contribution in [2.45, 2.75) is 30.7 Å². The number of likely N-dealkylation sites (N-methyl/N-ethyl adjacent to an activating group) is 1. The van der Waals surface area contributed by atoms with E-state index in [1.54, 1.807) is 12.1 Å². The summed E-state index contributed by atoms with van der Waals surface area (Å²) in [6.07, 6.45) is 0.679. The minimum absolute atomic E-state index is 0.111. The molecule has 1 N–H and O–H groups in total. The molecule has 1 aromatic rings. The maximum absolute atomic E-state index is 11.9. The van der Waals surface area contributed by atoms with Gasteiger partial charge in [-0.3, -0.25) is 14.5 Å². The third kappa shape index (κ3) is 3.24. The average molecular weight is 310 g/mol. The Balaban J connectivity index is 2.10. The highest BCUT2D eigenvalue weighted by molar-refractivity contribution is 7.91. The summed E-state index contributed by atoms with van der Waals surface area (Å²) < 4.78 is 23.8. The second-order valence-corrected chi connectivity index (χ2v) is 7.14. The van der Waals surface area contributed by atoms with Crippen LogP contribution in [0.15, 0.2) is 29.2 Å². The monoisotopic (exact) mass is 310 g/mol. The van der Waals surface area contributed by atoms with E-state index in [0.29, 0.717) is 12.1 Å². The van der Waals surface area contributed by atoms with Gasteiger partial charge in [-0.1, -0.05) is 6.92 Å². The summed E-state index contributed by atoms with van der Waals surface area (Å²) >= 11 is 0. The second-order valence-electron chi connectivity index (χ2n) is 5.04. The number of carbonyl (C=O) groups is 2. The SMILES string of the molecule is CCCS(=O)(=O)c1ccc(NC2CC(=O)N(C)C2=O)cc1. The zero-order valence-corrected chi connectivity index (χ0v) is 12.8. The number of amides is 2. The summed E-state index contributed by atoms with van der Waals surface area (Å²) in [4.78, 5) is 24.6. The highest BCUT2D eigenvalue weighted by Gasteiger charge is 2.35. The van der Waals surface area contributed by atoms with E-state index in [1.807, 2.05) is 6.92 Å². The highest BCUT2D eigenvalue weighted by atomic mass is 32.2. The fourth-order valence-corrected chi connectivity index (χ4v) is 3.54. The van der Waals surface area contributed by atoms with Gasteiger partial charge < -0.3 is 5.32 Å². The summed E-state index contributed by atoms with van der Waals surface area (Å²) in [5.41, 5.74) is 0.617. The van der Waals surface area contributed by atoms with Gasteiger partial charge in [0, 0.05) is 12.7 Å². The summed E-state index contributed by atoms with van der Waals surface area (Å²) in [6.45, 7) is 1.81. The molecule has 21 heavy (non-hydrogen) atoms. The zero-order chi connectivity index (χ0) is 15.6. The predicted molar refractivity (Wildman–Crippen MR) is 78.6 cm³/mol. The molecule has 114 valence electrons. The van der Waals surface area contributed by atoms with Crippen LogP contribution in [-0.2, 0) is 19.4 Å². The number of carbonyl (C=O) groups excluding carboxylic acids is 2. The van der Waals surface area contributed by atoms with Crippen molar-refractivity contribution in [3.63, 3.8) is 0 Å². The Labute approximate surface area is 124 Å². The van der Waals surface area contributed by atoms with Crippen LogP contribution in [0.3, 0.4) is 0 Å². The predicted octanol–water partition coefficient (Wildman–Crippen LogP) is 1.04. The second kappa shape index (κ2) is 5.85. The highest BCUT2D eigenvalue weighted by Crippen LogP contribution is 2.20. The maximum atomic E-state index is 11.9. The third-order valence-electron chi connectivity index (χ3n) is 3.41. The average Bonchev–Trinajstić information content (AvgIpc) is 2.67. The van der Waals surface area contributed by atoms with Crippen molar-refractivity contribution in [2.24, 2.45) is 0 Å². The Bertz CT molecular complexity index is 652. The van der Waals surface area contributed by atoms with Crippen LogP contribution in [0.4, 0.5) is 5.69 Å². The summed E-state index contributed by atoms with van der Waals surface area (Å²) in [5, 5.41) is 2.96. The van der Waals surface area contributed by atoms with E-state index < -0.39 is 15.9 Å². The normalized spacial score (nSPS) is 19.1. The molecule has 1 aromatic carbocycles. The van der Waals surface area contributed by atoms with Gasteiger partial charge in [-0.25, -0.2) is 8.42 Å². The summed E-state index contributed by atoms with van der Waals surface area (Å²) in [7, 11) is -1.79. The number of nitrogens with one attached hydrogen (secondary N) is 1. The van der Waals surface area contributed by atoms with Gasteiger partial charge in [0.1, 0.15) is 6.04 Å².